The lowest BCUT2D eigenvalue weighted by Gasteiger charge is -2.02. The van der Waals surface area contributed by atoms with Crippen LogP contribution < -0.4 is 5.73 Å². The fourth-order valence-electron chi connectivity index (χ4n) is 1.27. The van der Waals surface area contributed by atoms with E-state index < -0.39 is 0 Å². The number of aromatic hydroxyl groups is 1. The average Bonchev–Trinajstić information content (AvgIpc) is 2.08. The first kappa shape index (κ1) is 8.38. The van der Waals surface area contributed by atoms with E-state index in [0.717, 1.165) is 15.2 Å². The Morgan fingerprint density at radius 2 is 1.85 bits per heavy atom. The molecule has 0 radical (unpaired) electrons. The van der Waals surface area contributed by atoms with E-state index in [0.29, 0.717) is 5.69 Å². The SMILES string of the molecule is Nc1cc2cc(Br)ccc2cc1O. The summed E-state index contributed by atoms with van der Waals surface area (Å²) in [6, 6.07) is 9.24. The highest BCUT2D eigenvalue weighted by atomic mass is 79.9. The normalized spacial score (nSPS) is 10.5. The Labute approximate surface area is 84.1 Å². The molecule has 0 fully saturated rings. The maximum atomic E-state index is 9.35. The van der Waals surface area contributed by atoms with Gasteiger partial charge in [0.2, 0.25) is 0 Å². The molecule has 0 aromatic heterocycles. The molecule has 0 saturated carbocycles. The monoisotopic (exact) mass is 237 g/mol. The fourth-order valence-corrected chi connectivity index (χ4v) is 1.65. The van der Waals surface area contributed by atoms with Gasteiger partial charge in [-0.2, -0.15) is 0 Å². The molecular weight excluding hydrogens is 230 g/mol. The molecule has 66 valence electrons. The predicted octanol–water partition coefficient (Wildman–Crippen LogP) is 2.89. The zero-order valence-electron chi connectivity index (χ0n) is 6.79. The summed E-state index contributed by atoms with van der Waals surface area (Å²) in [6.07, 6.45) is 0. The molecule has 0 heterocycles. The number of nitrogens with two attached hydrogens (primary N) is 1. The summed E-state index contributed by atoms with van der Waals surface area (Å²) in [7, 11) is 0. The number of rotatable bonds is 0. The molecule has 2 aromatic carbocycles. The Bertz CT molecular complexity index is 468. The van der Waals surface area contributed by atoms with E-state index >= 15 is 0 Å². The van der Waals surface area contributed by atoms with E-state index in [-0.39, 0.29) is 5.75 Å². The molecule has 0 atom stereocenters. The molecule has 0 bridgehead atoms. The molecular formula is C10H8BrNO. The Morgan fingerprint density at radius 1 is 1.08 bits per heavy atom. The van der Waals surface area contributed by atoms with Crippen molar-refractivity contribution in [2.24, 2.45) is 0 Å². The zero-order chi connectivity index (χ0) is 9.42. The Balaban J connectivity index is 2.81. The van der Waals surface area contributed by atoms with Crippen LogP contribution in [0.15, 0.2) is 34.8 Å². The first-order valence-electron chi connectivity index (χ1n) is 3.84. The van der Waals surface area contributed by atoms with E-state index in [1.54, 1.807) is 12.1 Å². The first-order valence-corrected chi connectivity index (χ1v) is 4.64. The van der Waals surface area contributed by atoms with Gasteiger partial charge in [-0.15, -0.1) is 0 Å². The lowest BCUT2D eigenvalue weighted by atomic mass is 10.1. The van der Waals surface area contributed by atoms with Gasteiger partial charge in [0.25, 0.3) is 0 Å². The van der Waals surface area contributed by atoms with Crippen LogP contribution in [0.2, 0.25) is 0 Å². The molecule has 0 aliphatic carbocycles. The third-order valence-electron chi connectivity index (χ3n) is 1.95. The molecule has 0 spiro atoms. The largest absolute Gasteiger partial charge is 0.506 e. The van der Waals surface area contributed by atoms with Gasteiger partial charge >= 0.3 is 0 Å². The smallest absolute Gasteiger partial charge is 0.139 e. The van der Waals surface area contributed by atoms with E-state index in [4.69, 9.17) is 5.73 Å². The van der Waals surface area contributed by atoms with Gasteiger partial charge in [-0.05, 0) is 35.0 Å². The summed E-state index contributed by atoms with van der Waals surface area (Å²) in [6.45, 7) is 0. The van der Waals surface area contributed by atoms with E-state index in [2.05, 4.69) is 15.9 Å². The van der Waals surface area contributed by atoms with Gasteiger partial charge in [-0.1, -0.05) is 22.0 Å². The second-order valence-electron chi connectivity index (χ2n) is 2.90. The van der Waals surface area contributed by atoms with Crippen molar-refractivity contribution in [1.82, 2.24) is 0 Å². The molecule has 3 heteroatoms. The van der Waals surface area contributed by atoms with Crippen molar-refractivity contribution in [2.45, 2.75) is 0 Å². The van der Waals surface area contributed by atoms with Crippen molar-refractivity contribution in [1.29, 1.82) is 0 Å². The summed E-state index contributed by atoms with van der Waals surface area (Å²) in [5.41, 5.74) is 5.98. The second kappa shape index (κ2) is 2.92. The fraction of sp³-hybridized carbons (Fsp3) is 0. The van der Waals surface area contributed by atoms with Gasteiger partial charge in [-0.3, -0.25) is 0 Å². The number of halogens is 1. The van der Waals surface area contributed by atoms with Crippen LogP contribution in [0.5, 0.6) is 5.75 Å². The van der Waals surface area contributed by atoms with E-state index in [9.17, 15) is 5.11 Å². The van der Waals surface area contributed by atoms with Crippen LogP contribution in [0.25, 0.3) is 10.8 Å². The molecule has 2 aromatic rings. The van der Waals surface area contributed by atoms with Crippen molar-refractivity contribution in [3.63, 3.8) is 0 Å². The van der Waals surface area contributed by atoms with Crippen molar-refractivity contribution < 1.29 is 5.11 Å². The van der Waals surface area contributed by atoms with Crippen LogP contribution >= 0.6 is 15.9 Å². The topological polar surface area (TPSA) is 46.2 Å². The summed E-state index contributed by atoms with van der Waals surface area (Å²) in [5.74, 6) is 0.134. The van der Waals surface area contributed by atoms with Crippen molar-refractivity contribution in [2.75, 3.05) is 5.73 Å². The molecule has 0 aliphatic rings. The van der Waals surface area contributed by atoms with Crippen LogP contribution in [0.3, 0.4) is 0 Å². The number of hydrogen-bond acceptors (Lipinski definition) is 2. The maximum absolute atomic E-state index is 9.35. The van der Waals surface area contributed by atoms with Gasteiger partial charge in [-0.25, -0.2) is 0 Å². The van der Waals surface area contributed by atoms with Crippen molar-refractivity contribution in [3.05, 3.63) is 34.8 Å². The highest BCUT2D eigenvalue weighted by molar-refractivity contribution is 9.10. The summed E-state index contributed by atoms with van der Waals surface area (Å²) < 4.78 is 1.00. The summed E-state index contributed by atoms with van der Waals surface area (Å²) in [4.78, 5) is 0. The quantitative estimate of drug-likeness (QED) is 0.547. The van der Waals surface area contributed by atoms with Gasteiger partial charge in [0.1, 0.15) is 5.75 Å². The molecule has 0 aliphatic heterocycles. The first-order chi connectivity index (χ1) is 6.16. The van der Waals surface area contributed by atoms with Crippen LogP contribution in [-0.2, 0) is 0 Å². The minimum absolute atomic E-state index is 0.134. The highest BCUT2D eigenvalue weighted by Crippen LogP contribution is 2.28. The van der Waals surface area contributed by atoms with Crippen molar-refractivity contribution >= 4 is 32.4 Å². The minimum Gasteiger partial charge on any atom is -0.506 e. The lowest BCUT2D eigenvalue weighted by Crippen LogP contribution is -1.85. The highest BCUT2D eigenvalue weighted by Gasteiger charge is 2.00. The maximum Gasteiger partial charge on any atom is 0.139 e. The molecule has 2 nitrogen and oxygen atoms in total. The number of benzene rings is 2. The van der Waals surface area contributed by atoms with Gasteiger partial charge in [0.15, 0.2) is 0 Å². The van der Waals surface area contributed by atoms with E-state index in [1.807, 2.05) is 18.2 Å². The van der Waals surface area contributed by atoms with E-state index in [1.165, 1.54) is 0 Å². The van der Waals surface area contributed by atoms with Gasteiger partial charge < -0.3 is 10.8 Å². The van der Waals surface area contributed by atoms with Crippen LogP contribution in [0, 0.1) is 0 Å². The standard InChI is InChI=1S/C10H8BrNO/c11-8-2-1-6-5-10(13)9(12)4-7(6)3-8/h1-5,13H,12H2. The number of nitrogen functional groups attached to an aromatic ring is 1. The van der Waals surface area contributed by atoms with Gasteiger partial charge in [0, 0.05) is 4.47 Å². The van der Waals surface area contributed by atoms with Crippen LogP contribution in [0.1, 0.15) is 0 Å². The molecule has 0 saturated heterocycles. The Morgan fingerprint density at radius 3 is 2.62 bits per heavy atom. The number of phenols is 1. The molecule has 2 rings (SSSR count). The number of anilines is 1. The minimum atomic E-state index is 0.134. The summed E-state index contributed by atoms with van der Waals surface area (Å²) in [5, 5.41) is 11.3. The Hall–Kier alpha value is -1.22. The molecule has 0 unspecified atom stereocenters. The van der Waals surface area contributed by atoms with Gasteiger partial charge in [0.05, 0.1) is 5.69 Å². The summed E-state index contributed by atoms with van der Waals surface area (Å²) >= 11 is 3.37. The Kier molecular flexibility index (Phi) is 1.88. The lowest BCUT2D eigenvalue weighted by molar-refractivity contribution is 0.479. The zero-order valence-corrected chi connectivity index (χ0v) is 8.38. The number of fused-ring (bicyclic) bond motifs is 1. The molecule has 3 N–H and O–H groups in total. The third-order valence-corrected chi connectivity index (χ3v) is 2.44. The van der Waals surface area contributed by atoms with Crippen molar-refractivity contribution in [3.8, 4) is 5.75 Å². The second-order valence-corrected chi connectivity index (χ2v) is 3.82. The molecule has 13 heavy (non-hydrogen) atoms. The number of hydrogen-bond donors (Lipinski definition) is 2. The third kappa shape index (κ3) is 1.47. The van der Waals surface area contributed by atoms with Crippen LogP contribution in [0.4, 0.5) is 5.69 Å². The number of phenolic OH excluding ortho intramolecular Hbond substituents is 1. The van der Waals surface area contributed by atoms with Crippen LogP contribution in [-0.4, -0.2) is 5.11 Å². The predicted molar refractivity (Wildman–Crippen MR) is 57.7 cm³/mol. The average molecular weight is 238 g/mol. The molecule has 0 amide bonds.